The third kappa shape index (κ3) is 3.30. The van der Waals surface area contributed by atoms with E-state index in [0.717, 1.165) is 49.0 Å². The molecule has 1 N–H and O–H groups in total. The van der Waals surface area contributed by atoms with E-state index in [-0.39, 0.29) is 11.8 Å². The van der Waals surface area contributed by atoms with Crippen molar-refractivity contribution in [2.75, 3.05) is 5.32 Å². The topological polar surface area (TPSA) is 81.2 Å². The number of anilines is 1. The van der Waals surface area contributed by atoms with Gasteiger partial charge in [-0.05, 0) is 31.4 Å². The maximum Gasteiger partial charge on any atom is 0.280 e. The molecular weight excluding hydrogens is 342 g/mol. The Morgan fingerprint density at radius 3 is 2.84 bits per heavy atom. The second kappa shape index (κ2) is 6.72. The van der Waals surface area contributed by atoms with Gasteiger partial charge < -0.3 is 9.05 Å². The Hall–Kier alpha value is -2.60. The number of hydrogen-bond acceptors (Lipinski definition) is 5. The third-order valence-electron chi connectivity index (χ3n) is 4.28. The largest absolute Gasteiger partial charge is 0.360 e. The molecule has 7 heteroatoms. The average molecular weight is 358 g/mol. The van der Waals surface area contributed by atoms with Crippen molar-refractivity contribution in [1.82, 2.24) is 10.3 Å². The maximum atomic E-state index is 12.5. The molecule has 1 amide bonds. The summed E-state index contributed by atoms with van der Waals surface area (Å²) in [5.74, 6) is 0.728. The molecule has 2 heterocycles. The molecule has 1 aliphatic rings. The van der Waals surface area contributed by atoms with Crippen LogP contribution in [-0.4, -0.2) is 16.2 Å². The van der Waals surface area contributed by atoms with Crippen LogP contribution in [0.15, 0.2) is 39.4 Å². The fourth-order valence-corrected chi connectivity index (χ4v) is 3.22. The lowest BCUT2D eigenvalue weighted by atomic mass is 10.1. The molecule has 1 aromatic carbocycles. The average Bonchev–Trinajstić information content (AvgIpc) is 3.16. The number of hydrogen-bond donors (Lipinski definition) is 1. The summed E-state index contributed by atoms with van der Waals surface area (Å²) in [4.78, 5) is 12.5. The van der Waals surface area contributed by atoms with Crippen molar-refractivity contribution in [3.63, 3.8) is 0 Å². The van der Waals surface area contributed by atoms with Gasteiger partial charge in [-0.3, -0.25) is 10.1 Å². The predicted molar refractivity (Wildman–Crippen MR) is 92.7 cm³/mol. The minimum atomic E-state index is -0.347. The number of nitrogens with zero attached hydrogens (tertiary/aromatic N) is 2. The molecule has 0 unspecified atom stereocenters. The van der Waals surface area contributed by atoms with Gasteiger partial charge in [0.25, 0.3) is 5.91 Å². The highest BCUT2D eigenvalue weighted by atomic mass is 35.5. The van der Waals surface area contributed by atoms with Gasteiger partial charge in [0.15, 0.2) is 5.69 Å². The molecule has 2 aromatic heterocycles. The zero-order valence-corrected chi connectivity index (χ0v) is 14.2. The SMILES string of the molecule is O=C(Nc1cc(-c2cccc(Cl)c2)no1)c1noc2c1CCCCC2. The van der Waals surface area contributed by atoms with Crippen LogP contribution in [0.5, 0.6) is 0 Å². The highest BCUT2D eigenvalue weighted by Crippen LogP contribution is 2.26. The normalized spacial score (nSPS) is 14.0. The van der Waals surface area contributed by atoms with Gasteiger partial charge in [0.05, 0.1) is 0 Å². The van der Waals surface area contributed by atoms with Gasteiger partial charge in [-0.25, -0.2) is 0 Å². The van der Waals surface area contributed by atoms with E-state index in [1.165, 1.54) is 0 Å². The first kappa shape index (κ1) is 15.9. The first-order chi connectivity index (χ1) is 12.2. The first-order valence-electron chi connectivity index (χ1n) is 8.22. The number of fused-ring (bicyclic) bond motifs is 1. The Kier molecular flexibility index (Phi) is 4.28. The number of rotatable bonds is 3. The molecule has 0 fully saturated rings. The molecule has 0 bridgehead atoms. The third-order valence-corrected chi connectivity index (χ3v) is 4.52. The van der Waals surface area contributed by atoms with Crippen LogP contribution in [0.1, 0.15) is 41.1 Å². The van der Waals surface area contributed by atoms with Crippen LogP contribution in [0.3, 0.4) is 0 Å². The zero-order chi connectivity index (χ0) is 17.2. The number of benzene rings is 1. The van der Waals surface area contributed by atoms with Crippen LogP contribution in [-0.2, 0) is 12.8 Å². The smallest absolute Gasteiger partial charge is 0.280 e. The number of nitrogens with one attached hydrogen (secondary N) is 1. The molecule has 0 saturated carbocycles. The highest BCUT2D eigenvalue weighted by Gasteiger charge is 2.24. The monoisotopic (exact) mass is 357 g/mol. The predicted octanol–water partition coefficient (Wildman–Crippen LogP) is 4.50. The summed E-state index contributed by atoms with van der Waals surface area (Å²) in [7, 11) is 0. The van der Waals surface area contributed by atoms with E-state index in [0.29, 0.717) is 16.4 Å². The van der Waals surface area contributed by atoms with Crippen LogP contribution in [0, 0.1) is 0 Å². The Morgan fingerprint density at radius 1 is 1.08 bits per heavy atom. The lowest BCUT2D eigenvalue weighted by Crippen LogP contribution is -2.14. The fourth-order valence-electron chi connectivity index (χ4n) is 3.03. The van der Waals surface area contributed by atoms with Gasteiger partial charge in [-0.2, -0.15) is 0 Å². The van der Waals surface area contributed by atoms with E-state index in [9.17, 15) is 4.79 Å². The van der Waals surface area contributed by atoms with E-state index in [1.807, 2.05) is 12.1 Å². The lowest BCUT2D eigenvalue weighted by molar-refractivity contribution is 0.101. The lowest BCUT2D eigenvalue weighted by Gasteiger charge is -2.00. The van der Waals surface area contributed by atoms with Gasteiger partial charge in [0.1, 0.15) is 11.5 Å². The Bertz CT molecular complexity index is 916. The number of carbonyl (C=O) groups is 1. The maximum absolute atomic E-state index is 12.5. The second-order valence-corrected chi connectivity index (χ2v) is 6.47. The van der Waals surface area contributed by atoms with Crippen molar-refractivity contribution in [3.8, 4) is 11.3 Å². The molecule has 0 radical (unpaired) electrons. The number of carbonyl (C=O) groups excluding carboxylic acids is 1. The standard InChI is InChI=1S/C18H16ClN3O3/c19-12-6-4-5-11(9-12)14-10-16(25-21-14)20-18(23)17-13-7-2-1-3-8-15(13)24-22-17/h4-6,9-10H,1-3,7-8H2,(H,20,23). The molecule has 128 valence electrons. The van der Waals surface area contributed by atoms with Crippen LogP contribution >= 0.6 is 11.6 Å². The van der Waals surface area contributed by atoms with Crippen LogP contribution in [0.25, 0.3) is 11.3 Å². The zero-order valence-electron chi connectivity index (χ0n) is 13.4. The number of aryl methyl sites for hydroxylation is 1. The van der Waals surface area contributed by atoms with E-state index in [2.05, 4.69) is 15.6 Å². The molecule has 3 aromatic rings. The van der Waals surface area contributed by atoms with E-state index in [4.69, 9.17) is 20.6 Å². The summed E-state index contributed by atoms with van der Waals surface area (Å²) in [5, 5.41) is 11.2. The fraction of sp³-hybridized carbons (Fsp3) is 0.278. The van der Waals surface area contributed by atoms with Crippen LogP contribution < -0.4 is 5.32 Å². The minimum absolute atomic E-state index is 0.255. The molecule has 0 spiro atoms. The molecule has 4 rings (SSSR count). The van der Waals surface area contributed by atoms with Gasteiger partial charge in [0, 0.05) is 28.6 Å². The van der Waals surface area contributed by atoms with Crippen molar-refractivity contribution in [1.29, 1.82) is 0 Å². The highest BCUT2D eigenvalue weighted by molar-refractivity contribution is 6.30. The van der Waals surface area contributed by atoms with Crippen LogP contribution in [0.2, 0.25) is 5.02 Å². The van der Waals surface area contributed by atoms with Crippen LogP contribution in [0.4, 0.5) is 5.88 Å². The van der Waals surface area contributed by atoms with Crippen molar-refractivity contribution in [3.05, 3.63) is 52.4 Å². The van der Waals surface area contributed by atoms with Crippen molar-refractivity contribution < 1.29 is 13.8 Å². The van der Waals surface area contributed by atoms with Gasteiger partial charge in [0.2, 0.25) is 5.88 Å². The quantitative estimate of drug-likeness (QED) is 0.698. The Balaban J connectivity index is 1.53. The summed E-state index contributed by atoms with van der Waals surface area (Å²) >= 11 is 5.99. The number of halogens is 1. The summed E-state index contributed by atoms with van der Waals surface area (Å²) in [5.41, 5.74) is 2.64. The van der Waals surface area contributed by atoms with Crippen molar-refractivity contribution in [2.45, 2.75) is 32.1 Å². The van der Waals surface area contributed by atoms with E-state index in [1.54, 1.807) is 18.2 Å². The van der Waals surface area contributed by atoms with Gasteiger partial charge in [-0.15, -0.1) is 0 Å². The molecular formula is C18H16ClN3O3. The first-order valence-corrected chi connectivity index (χ1v) is 8.60. The Labute approximate surface area is 149 Å². The summed E-state index contributed by atoms with van der Waals surface area (Å²) in [6.07, 6.45) is 4.88. The Morgan fingerprint density at radius 2 is 1.96 bits per heavy atom. The number of amides is 1. The summed E-state index contributed by atoms with van der Waals surface area (Å²) in [6.45, 7) is 0. The van der Waals surface area contributed by atoms with Gasteiger partial charge >= 0.3 is 0 Å². The molecule has 0 saturated heterocycles. The van der Waals surface area contributed by atoms with Gasteiger partial charge in [-0.1, -0.05) is 40.5 Å². The molecule has 6 nitrogen and oxygen atoms in total. The molecule has 0 atom stereocenters. The van der Waals surface area contributed by atoms with E-state index < -0.39 is 0 Å². The van der Waals surface area contributed by atoms with Crippen molar-refractivity contribution >= 4 is 23.4 Å². The second-order valence-electron chi connectivity index (χ2n) is 6.03. The molecule has 25 heavy (non-hydrogen) atoms. The summed E-state index contributed by atoms with van der Waals surface area (Å²) in [6, 6.07) is 8.91. The van der Waals surface area contributed by atoms with E-state index >= 15 is 0 Å². The molecule has 1 aliphatic carbocycles. The van der Waals surface area contributed by atoms with Crippen molar-refractivity contribution in [2.24, 2.45) is 0 Å². The minimum Gasteiger partial charge on any atom is -0.360 e. The molecule has 0 aliphatic heterocycles. The number of aromatic nitrogens is 2. The summed E-state index contributed by atoms with van der Waals surface area (Å²) < 4.78 is 10.6.